The smallest absolute Gasteiger partial charge is 0.395 e. The molecular formula is C15H12Cl2N2O5. The Balaban J connectivity index is 1.77. The number of carbonyl (C=O) groups excluding carboxylic acids is 1. The Bertz CT molecular complexity index is 772. The summed E-state index contributed by atoms with van der Waals surface area (Å²) < 4.78 is 10.6. The van der Waals surface area contributed by atoms with E-state index in [1.807, 2.05) is 0 Å². The van der Waals surface area contributed by atoms with Gasteiger partial charge in [-0.1, -0.05) is 23.2 Å². The van der Waals surface area contributed by atoms with Crippen LogP contribution in [0.5, 0.6) is 0 Å². The van der Waals surface area contributed by atoms with E-state index in [1.54, 1.807) is 18.2 Å². The number of halogens is 2. The molecule has 7 nitrogen and oxygen atoms in total. The van der Waals surface area contributed by atoms with Crippen LogP contribution in [0.15, 0.2) is 34.7 Å². The minimum absolute atomic E-state index is 0.0773. The molecule has 0 aliphatic carbocycles. The Morgan fingerprint density at radius 3 is 2.58 bits per heavy atom. The van der Waals surface area contributed by atoms with Crippen molar-refractivity contribution in [2.45, 2.75) is 6.10 Å². The number of furan rings is 1. The van der Waals surface area contributed by atoms with Crippen molar-refractivity contribution in [3.05, 3.63) is 61.8 Å². The Morgan fingerprint density at radius 2 is 1.96 bits per heavy atom. The van der Waals surface area contributed by atoms with E-state index in [2.05, 4.69) is 0 Å². The Hall–Kier alpha value is -2.09. The number of nitrogens with zero attached hydrogens (tertiary/aromatic N) is 2. The molecule has 2 aromatic rings. The van der Waals surface area contributed by atoms with E-state index in [4.69, 9.17) is 32.4 Å². The Kier molecular flexibility index (Phi) is 4.75. The molecule has 3 rings (SSSR count). The number of nitro groups is 1. The van der Waals surface area contributed by atoms with Gasteiger partial charge in [0.05, 0.1) is 19.2 Å². The van der Waals surface area contributed by atoms with Crippen molar-refractivity contribution >= 4 is 35.0 Å². The van der Waals surface area contributed by atoms with Gasteiger partial charge < -0.3 is 14.1 Å². The topological polar surface area (TPSA) is 85.8 Å². The summed E-state index contributed by atoms with van der Waals surface area (Å²) >= 11 is 12.0. The number of hydrogen-bond acceptors (Lipinski definition) is 5. The first kappa shape index (κ1) is 16.8. The van der Waals surface area contributed by atoms with E-state index in [1.165, 1.54) is 11.0 Å². The average molecular weight is 371 g/mol. The second kappa shape index (κ2) is 6.80. The first-order valence-electron chi connectivity index (χ1n) is 7.05. The predicted octanol–water partition coefficient (Wildman–Crippen LogP) is 3.71. The lowest BCUT2D eigenvalue weighted by molar-refractivity contribution is -0.402. The molecule has 1 fully saturated rings. The Labute approximate surface area is 146 Å². The monoisotopic (exact) mass is 370 g/mol. The van der Waals surface area contributed by atoms with Crippen LogP contribution in [0.4, 0.5) is 5.88 Å². The molecule has 1 aromatic carbocycles. The summed E-state index contributed by atoms with van der Waals surface area (Å²) in [5.74, 6) is -0.971. The number of ether oxygens (including phenoxy) is 1. The number of rotatable bonds is 3. The van der Waals surface area contributed by atoms with Crippen LogP contribution < -0.4 is 0 Å². The van der Waals surface area contributed by atoms with E-state index < -0.39 is 16.7 Å². The van der Waals surface area contributed by atoms with Crippen LogP contribution in [-0.4, -0.2) is 35.4 Å². The molecule has 1 amide bonds. The first-order chi connectivity index (χ1) is 11.4. The van der Waals surface area contributed by atoms with Crippen molar-refractivity contribution in [3.8, 4) is 0 Å². The van der Waals surface area contributed by atoms with E-state index in [-0.39, 0.29) is 18.4 Å². The lowest BCUT2D eigenvalue weighted by atomic mass is 10.1. The molecule has 0 bridgehead atoms. The van der Waals surface area contributed by atoms with Crippen LogP contribution in [-0.2, 0) is 4.74 Å². The quantitative estimate of drug-likeness (QED) is 0.607. The van der Waals surface area contributed by atoms with Gasteiger partial charge in [0.1, 0.15) is 11.0 Å². The van der Waals surface area contributed by atoms with Gasteiger partial charge in [-0.3, -0.25) is 14.9 Å². The third kappa shape index (κ3) is 3.53. The molecule has 1 aliphatic heterocycles. The molecular weight excluding hydrogens is 359 g/mol. The lowest BCUT2D eigenvalue weighted by Gasteiger charge is -2.32. The molecule has 2 heterocycles. The molecule has 1 unspecified atom stereocenters. The number of morpholine rings is 1. The van der Waals surface area contributed by atoms with Crippen molar-refractivity contribution in [2.24, 2.45) is 0 Å². The second-order valence-electron chi connectivity index (χ2n) is 5.21. The normalized spacial score (nSPS) is 17.8. The van der Waals surface area contributed by atoms with Crippen LogP contribution in [0.25, 0.3) is 0 Å². The zero-order chi connectivity index (χ0) is 17.3. The van der Waals surface area contributed by atoms with Crippen molar-refractivity contribution in [2.75, 3.05) is 19.7 Å². The highest BCUT2D eigenvalue weighted by Crippen LogP contribution is 2.29. The van der Waals surface area contributed by atoms with E-state index >= 15 is 0 Å². The number of carbonyl (C=O) groups is 1. The summed E-state index contributed by atoms with van der Waals surface area (Å²) in [7, 11) is 0. The summed E-state index contributed by atoms with van der Waals surface area (Å²) in [6.45, 7) is 0.950. The number of hydrogen-bond donors (Lipinski definition) is 0. The van der Waals surface area contributed by atoms with Crippen molar-refractivity contribution < 1.29 is 18.9 Å². The largest absolute Gasteiger partial charge is 0.433 e. The summed E-state index contributed by atoms with van der Waals surface area (Å²) in [5, 5.41) is 11.6. The van der Waals surface area contributed by atoms with Gasteiger partial charge >= 0.3 is 5.88 Å². The maximum absolute atomic E-state index is 12.4. The van der Waals surface area contributed by atoms with Gasteiger partial charge in [-0.25, -0.2) is 0 Å². The highest BCUT2D eigenvalue weighted by Gasteiger charge is 2.29. The fourth-order valence-corrected chi connectivity index (χ4v) is 3.04. The molecule has 0 N–H and O–H groups in total. The molecule has 126 valence electrons. The molecule has 1 aliphatic rings. The third-order valence-corrected chi connectivity index (χ3v) is 4.03. The summed E-state index contributed by atoms with van der Waals surface area (Å²) in [5.41, 5.74) is 0.760. The van der Waals surface area contributed by atoms with Gasteiger partial charge in [-0.15, -0.1) is 0 Å². The minimum Gasteiger partial charge on any atom is -0.395 e. The molecule has 1 atom stereocenters. The molecule has 24 heavy (non-hydrogen) atoms. The third-order valence-electron chi connectivity index (χ3n) is 3.59. The Morgan fingerprint density at radius 1 is 1.25 bits per heavy atom. The maximum Gasteiger partial charge on any atom is 0.433 e. The fraction of sp³-hybridized carbons (Fsp3) is 0.267. The maximum atomic E-state index is 12.4. The summed E-state index contributed by atoms with van der Waals surface area (Å²) in [4.78, 5) is 23.9. The lowest BCUT2D eigenvalue weighted by Crippen LogP contribution is -2.42. The van der Waals surface area contributed by atoms with Crippen LogP contribution in [0, 0.1) is 10.1 Å². The second-order valence-corrected chi connectivity index (χ2v) is 6.08. The van der Waals surface area contributed by atoms with Crippen molar-refractivity contribution in [1.82, 2.24) is 4.90 Å². The van der Waals surface area contributed by atoms with E-state index in [0.29, 0.717) is 23.2 Å². The highest BCUT2D eigenvalue weighted by molar-refractivity contribution is 6.34. The van der Waals surface area contributed by atoms with Gasteiger partial charge in [0, 0.05) is 16.6 Å². The average Bonchev–Trinajstić information content (AvgIpc) is 3.03. The SMILES string of the molecule is O=C(c1ccc([N+](=O)[O-])o1)N1CCOC(c2cc(Cl)cc(Cl)c2)C1. The van der Waals surface area contributed by atoms with Crippen molar-refractivity contribution in [1.29, 1.82) is 0 Å². The number of benzene rings is 1. The highest BCUT2D eigenvalue weighted by atomic mass is 35.5. The van der Waals surface area contributed by atoms with Gasteiger partial charge in [0.2, 0.25) is 0 Å². The van der Waals surface area contributed by atoms with Gasteiger partial charge in [0.15, 0.2) is 5.76 Å². The molecule has 1 saturated heterocycles. The standard InChI is InChI=1S/C15H12Cl2N2O5/c16-10-5-9(6-11(17)7-10)13-8-18(3-4-23-13)15(20)12-1-2-14(24-12)19(21)22/h1-2,5-7,13H,3-4,8H2. The van der Waals surface area contributed by atoms with E-state index in [9.17, 15) is 14.9 Å². The van der Waals surface area contributed by atoms with Crippen LogP contribution in [0.2, 0.25) is 10.0 Å². The summed E-state index contributed by atoms with van der Waals surface area (Å²) in [6, 6.07) is 7.51. The molecule has 9 heteroatoms. The number of amides is 1. The molecule has 0 saturated carbocycles. The van der Waals surface area contributed by atoms with Crippen molar-refractivity contribution in [3.63, 3.8) is 0 Å². The molecule has 1 aromatic heterocycles. The summed E-state index contributed by atoms with van der Waals surface area (Å²) in [6.07, 6.45) is -0.385. The molecule has 0 spiro atoms. The van der Waals surface area contributed by atoms with Gasteiger partial charge in [-0.05, 0) is 29.8 Å². The van der Waals surface area contributed by atoms with Crippen LogP contribution in [0.3, 0.4) is 0 Å². The fourth-order valence-electron chi connectivity index (χ4n) is 2.49. The zero-order valence-electron chi connectivity index (χ0n) is 12.3. The minimum atomic E-state index is -0.688. The first-order valence-corrected chi connectivity index (χ1v) is 7.81. The zero-order valence-corrected chi connectivity index (χ0v) is 13.8. The molecule has 0 radical (unpaired) electrons. The predicted molar refractivity (Wildman–Crippen MR) is 86.4 cm³/mol. The van der Waals surface area contributed by atoms with Gasteiger partial charge in [0.25, 0.3) is 5.91 Å². The van der Waals surface area contributed by atoms with E-state index in [0.717, 1.165) is 11.6 Å². The van der Waals surface area contributed by atoms with Crippen LogP contribution in [0.1, 0.15) is 22.2 Å². The van der Waals surface area contributed by atoms with Gasteiger partial charge in [-0.2, -0.15) is 0 Å². The van der Waals surface area contributed by atoms with Crippen LogP contribution >= 0.6 is 23.2 Å².